The first-order valence-corrected chi connectivity index (χ1v) is 12.7. The highest BCUT2D eigenvalue weighted by atomic mass is 35.5. The van der Waals surface area contributed by atoms with Gasteiger partial charge >= 0.3 is 0 Å². The predicted octanol–water partition coefficient (Wildman–Crippen LogP) is 6.11. The van der Waals surface area contributed by atoms with Gasteiger partial charge in [0, 0.05) is 16.4 Å². The monoisotopic (exact) mass is 517 g/mol. The second kappa shape index (κ2) is 11.3. The molecule has 1 aliphatic heterocycles. The number of hydrogen-bond donors (Lipinski definition) is 1. The zero-order valence-electron chi connectivity index (χ0n) is 19.8. The van der Waals surface area contributed by atoms with Crippen LogP contribution in [0.25, 0.3) is 0 Å². The average molecular weight is 518 g/mol. The molecule has 1 atom stereocenters. The third-order valence-corrected chi connectivity index (χ3v) is 7.00. The Bertz CT molecular complexity index is 1360. The second-order valence-corrected chi connectivity index (χ2v) is 9.78. The first kappa shape index (κ1) is 25.4. The quantitative estimate of drug-likeness (QED) is 0.302. The maximum Gasteiger partial charge on any atom is 0.269 e. The van der Waals surface area contributed by atoms with E-state index in [0.29, 0.717) is 40.2 Å². The van der Waals surface area contributed by atoms with E-state index in [2.05, 4.69) is 5.32 Å². The number of amides is 2. The van der Waals surface area contributed by atoms with Crippen LogP contribution in [0.15, 0.2) is 83.4 Å². The summed E-state index contributed by atoms with van der Waals surface area (Å²) in [6.07, 6.45) is 0.402. The van der Waals surface area contributed by atoms with Gasteiger partial charge in [-0.25, -0.2) is 0 Å². The van der Waals surface area contributed by atoms with Crippen molar-refractivity contribution in [2.75, 3.05) is 16.8 Å². The van der Waals surface area contributed by atoms with Gasteiger partial charge in [0.1, 0.15) is 22.4 Å². The number of benzene rings is 3. The van der Waals surface area contributed by atoms with Crippen LogP contribution in [0.3, 0.4) is 0 Å². The molecule has 0 aliphatic carbocycles. The number of ether oxygens (including phenoxy) is 1. The fraction of sp³-hybridized carbons (Fsp3) is 0.179. The summed E-state index contributed by atoms with van der Waals surface area (Å²) in [6, 6.07) is 23.7. The average Bonchev–Trinajstić information content (AvgIpc) is 3.15. The Morgan fingerprint density at radius 1 is 1.14 bits per heavy atom. The molecule has 0 spiro atoms. The summed E-state index contributed by atoms with van der Waals surface area (Å²) < 4.78 is 5.52. The molecule has 4 rings (SSSR count). The molecule has 0 bridgehead atoms. The predicted molar refractivity (Wildman–Crippen MR) is 144 cm³/mol. The van der Waals surface area contributed by atoms with Crippen LogP contribution in [0.2, 0.25) is 5.02 Å². The molecule has 1 heterocycles. The minimum Gasteiger partial charge on any atom is -0.494 e. The number of thioether (sulfide) groups is 1. The lowest BCUT2D eigenvalue weighted by atomic mass is 10.1. The molecule has 36 heavy (non-hydrogen) atoms. The first-order valence-electron chi connectivity index (χ1n) is 11.4. The van der Waals surface area contributed by atoms with Crippen LogP contribution < -0.4 is 15.0 Å². The highest BCUT2D eigenvalue weighted by molar-refractivity contribution is 8.05. The van der Waals surface area contributed by atoms with Crippen molar-refractivity contribution >= 4 is 46.6 Å². The van der Waals surface area contributed by atoms with Crippen molar-refractivity contribution in [3.8, 4) is 11.8 Å². The molecular formula is C28H24ClN3O3S. The number of nitrogens with zero attached hydrogens (tertiary/aromatic N) is 2. The maximum atomic E-state index is 13.6. The standard InChI is InChI=1S/C28H24ClN3O3S/c1-3-35-23-12-10-22(11-13-23)32-27(34)25(16-19-7-5-8-20(29)15-19)36-28(32)24(17-30)26(33)31-21-9-4-6-18(2)14-21/h4-15,25H,3,16H2,1-2H3,(H,31,33)/b28-24-. The summed E-state index contributed by atoms with van der Waals surface area (Å²) in [5.74, 6) is -0.118. The molecule has 2 amide bonds. The molecule has 3 aromatic carbocycles. The van der Waals surface area contributed by atoms with Gasteiger partial charge in [-0.3, -0.25) is 14.5 Å². The summed E-state index contributed by atoms with van der Waals surface area (Å²) >= 11 is 7.35. The Morgan fingerprint density at radius 2 is 1.89 bits per heavy atom. The molecule has 0 aromatic heterocycles. The van der Waals surface area contributed by atoms with Gasteiger partial charge in [-0.2, -0.15) is 5.26 Å². The highest BCUT2D eigenvalue weighted by Gasteiger charge is 2.40. The van der Waals surface area contributed by atoms with Crippen LogP contribution in [0, 0.1) is 18.3 Å². The maximum absolute atomic E-state index is 13.6. The molecular weight excluding hydrogens is 494 g/mol. The molecule has 1 fully saturated rings. The van der Waals surface area contributed by atoms with Crippen LogP contribution >= 0.6 is 23.4 Å². The Balaban J connectivity index is 1.72. The van der Waals surface area contributed by atoms with E-state index in [4.69, 9.17) is 16.3 Å². The Morgan fingerprint density at radius 3 is 2.56 bits per heavy atom. The third kappa shape index (κ3) is 5.73. The highest BCUT2D eigenvalue weighted by Crippen LogP contribution is 2.42. The zero-order chi connectivity index (χ0) is 25.7. The minimum atomic E-state index is -0.572. The van der Waals surface area contributed by atoms with Crippen LogP contribution in [0.1, 0.15) is 18.1 Å². The molecule has 8 heteroatoms. The van der Waals surface area contributed by atoms with E-state index in [1.165, 1.54) is 16.7 Å². The van der Waals surface area contributed by atoms with Gasteiger partial charge in [0.15, 0.2) is 0 Å². The van der Waals surface area contributed by atoms with Crippen LogP contribution in [0.5, 0.6) is 5.75 Å². The van der Waals surface area contributed by atoms with Crippen LogP contribution in [-0.2, 0) is 16.0 Å². The van der Waals surface area contributed by atoms with Gasteiger partial charge in [-0.05, 0) is 79.9 Å². The lowest BCUT2D eigenvalue weighted by Crippen LogP contribution is -2.30. The molecule has 3 aromatic rings. The number of rotatable bonds is 7. The van der Waals surface area contributed by atoms with Crippen molar-refractivity contribution in [2.24, 2.45) is 0 Å². The van der Waals surface area contributed by atoms with Gasteiger partial charge in [0.2, 0.25) is 5.91 Å². The number of nitriles is 1. The normalized spacial score (nSPS) is 16.4. The lowest BCUT2D eigenvalue weighted by molar-refractivity contribution is -0.117. The van der Waals surface area contributed by atoms with Gasteiger partial charge in [0.25, 0.3) is 5.91 Å². The van der Waals surface area contributed by atoms with Gasteiger partial charge < -0.3 is 10.1 Å². The van der Waals surface area contributed by atoms with E-state index in [9.17, 15) is 14.9 Å². The number of carbonyl (C=O) groups is 2. The Hall–Kier alpha value is -3.73. The van der Waals surface area contributed by atoms with E-state index >= 15 is 0 Å². The minimum absolute atomic E-state index is 0.127. The lowest BCUT2D eigenvalue weighted by Gasteiger charge is -2.19. The number of anilines is 2. The molecule has 182 valence electrons. The summed E-state index contributed by atoms with van der Waals surface area (Å²) in [7, 11) is 0. The Labute approximate surface area is 219 Å². The summed E-state index contributed by atoms with van der Waals surface area (Å²) in [5, 5.41) is 13.1. The van der Waals surface area contributed by atoms with E-state index in [1.54, 1.807) is 36.4 Å². The molecule has 0 saturated carbocycles. The fourth-order valence-corrected chi connectivity index (χ4v) is 5.40. The van der Waals surface area contributed by atoms with Crippen molar-refractivity contribution in [3.05, 3.63) is 99.5 Å². The largest absolute Gasteiger partial charge is 0.494 e. The van der Waals surface area contributed by atoms with Crippen LogP contribution in [0.4, 0.5) is 11.4 Å². The number of carbonyl (C=O) groups excluding carboxylic acids is 2. The van der Waals surface area contributed by atoms with E-state index in [-0.39, 0.29) is 11.5 Å². The molecule has 6 nitrogen and oxygen atoms in total. The smallest absolute Gasteiger partial charge is 0.269 e. The zero-order valence-corrected chi connectivity index (χ0v) is 21.4. The van der Waals surface area contributed by atoms with Crippen molar-refractivity contribution < 1.29 is 14.3 Å². The van der Waals surface area contributed by atoms with Crippen molar-refractivity contribution in [3.63, 3.8) is 0 Å². The topological polar surface area (TPSA) is 82.4 Å². The van der Waals surface area contributed by atoms with Gasteiger partial charge in [-0.1, -0.05) is 47.6 Å². The second-order valence-electron chi connectivity index (χ2n) is 8.16. The first-order chi connectivity index (χ1) is 17.4. The number of hydrogen-bond acceptors (Lipinski definition) is 5. The van der Waals surface area contributed by atoms with E-state index in [1.807, 2.05) is 56.3 Å². The molecule has 1 saturated heterocycles. The van der Waals surface area contributed by atoms with Gasteiger partial charge in [-0.15, -0.1) is 0 Å². The van der Waals surface area contributed by atoms with Crippen molar-refractivity contribution in [2.45, 2.75) is 25.5 Å². The number of halogens is 1. The molecule has 1 N–H and O–H groups in total. The van der Waals surface area contributed by atoms with Crippen LogP contribution in [-0.4, -0.2) is 23.7 Å². The van der Waals surface area contributed by atoms with E-state index in [0.717, 1.165) is 11.1 Å². The molecule has 1 unspecified atom stereocenters. The van der Waals surface area contributed by atoms with E-state index < -0.39 is 11.2 Å². The summed E-state index contributed by atoms with van der Waals surface area (Å²) in [4.78, 5) is 28.3. The third-order valence-electron chi connectivity index (χ3n) is 5.50. The Kier molecular flexibility index (Phi) is 7.99. The van der Waals surface area contributed by atoms with Crippen molar-refractivity contribution in [1.29, 1.82) is 5.26 Å². The number of nitrogens with one attached hydrogen (secondary N) is 1. The van der Waals surface area contributed by atoms with Gasteiger partial charge in [0.05, 0.1) is 11.9 Å². The fourth-order valence-electron chi connectivity index (χ4n) is 3.87. The SMILES string of the molecule is CCOc1ccc(N2C(=O)C(Cc3cccc(Cl)c3)S/C2=C(/C#N)C(=O)Nc2cccc(C)c2)cc1. The summed E-state index contributed by atoms with van der Waals surface area (Å²) in [5.41, 5.74) is 2.87. The molecule has 0 radical (unpaired) electrons. The number of aryl methyl sites for hydroxylation is 1. The molecule has 1 aliphatic rings. The van der Waals surface area contributed by atoms with Crippen molar-refractivity contribution in [1.82, 2.24) is 0 Å². The summed E-state index contributed by atoms with van der Waals surface area (Å²) in [6.45, 7) is 4.32.